The van der Waals surface area contributed by atoms with Crippen LogP contribution >= 0.6 is 0 Å². The summed E-state index contributed by atoms with van der Waals surface area (Å²) >= 11 is 0. The van der Waals surface area contributed by atoms with Gasteiger partial charge < -0.3 is 5.32 Å². The second-order valence-corrected chi connectivity index (χ2v) is 8.48. The molecule has 2 aromatic rings. The minimum Gasteiger partial charge on any atom is -0.322 e. The Morgan fingerprint density at radius 3 is 2.16 bits per heavy atom. The molecule has 0 atom stereocenters. The van der Waals surface area contributed by atoms with Gasteiger partial charge in [0.2, 0.25) is 10.0 Å². The van der Waals surface area contributed by atoms with Crippen LogP contribution in [-0.4, -0.2) is 19.9 Å². The quantitative estimate of drug-likeness (QED) is 0.872. The largest absolute Gasteiger partial charge is 0.322 e. The Hall–Kier alpha value is -2.25. The maximum atomic E-state index is 13.5. The molecule has 2 N–H and O–H groups in total. The van der Waals surface area contributed by atoms with Gasteiger partial charge in [-0.1, -0.05) is 6.07 Å². The second kappa shape index (κ2) is 6.93. The normalized spacial score (nSPS) is 12.0. The molecule has 0 aromatic heterocycles. The number of halogens is 1. The average molecular weight is 364 g/mol. The van der Waals surface area contributed by atoms with Gasteiger partial charge in [-0.2, -0.15) is 0 Å². The van der Waals surface area contributed by atoms with Crippen LogP contribution in [0, 0.1) is 12.7 Å². The van der Waals surface area contributed by atoms with Crippen molar-refractivity contribution in [1.82, 2.24) is 4.72 Å². The smallest absolute Gasteiger partial charge is 0.255 e. The van der Waals surface area contributed by atoms with Crippen molar-refractivity contribution in [2.75, 3.05) is 5.32 Å². The molecule has 0 unspecified atom stereocenters. The Kier molecular flexibility index (Phi) is 5.29. The van der Waals surface area contributed by atoms with E-state index in [4.69, 9.17) is 0 Å². The molecular weight excluding hydrogens is 343 g/mol. The third-order valence-corrected chi connectivity index (χ3v) is 5.07. The average Bonchev–Trinajstić information content (AvgIpc) is 2.49. The maximum Gasteiger partial charge on any atom is 0.255 e. The summed E-state index contributed by atoms with van der Waals surface area (Å²) in [5, 5.41) is 2.58. The molecule has 0 heterocycles. The van der Waals surface area contributed by atoms with Crippen LogP contribution in [0.15, 0.2) is 47.4 Å². The SMILES string of the molecule is Cc1ccc(NC(=O)c2ccc(S(=O)(=O)NC(C)(C)C)cc2)cc1F. The summed E-state index contributed by atoms with van der Waals surface area (Å²) in [5.74, 6) is -0.858. The predicted molar refractivity (Wildman–Crippen MR) is 95.6 cm³/mol. The third kappa shape index (κ3) is 5.11. The lowest BCUT2D eigenvalue weighted by molar-refractivity contribution is 0.102. The van der Waals surface area contributed by atoms with Crippen LogP contribution in [-0.2, 0) is 10.0 Å². The Morgan fingerprint density at radius 1 is 1.04 bits per heavy atom. The molecule has 2 rings (SSSR count). The Bertz CT molecular complexity index is 886. The molecule has 0 spiro atoms. The molecule has 0 aliphatic carbocycles. The van der Waals surface area contributed by atoms with E-state index in [1.807, 2.05) is 0 Å². The van der Waals surface area contributed by atoms with Crippen molar-refractivity contribution in [2.45, 2.75) is 38.1 Å². The maximum absolute atomic E-state index is 13.5. The van der Waals surface area contributed by atoms with E-state index in [1.165, 1.54) is 30.3 Å². The van der Waals surface area contributed by atoms with Gasteiger partial charge in [-0.25, -0.2) is 17.5 Å². The molecule has 0 aliphatic rings. The zero-order valence-corrected chi connectivity index (χ0v) is 15.4. The highest BCUT2D eigenvalue weighted by atomic mass is 32.2. The first-order valence-corrected chi connectivity index (χ1v) is 9.18. The summed E-state index contributed by atoms with van der Waals surface area (Å²) in [6.45, 7) is 6.86. The number of hydrogen-bond donors (Lipinski definition) is 2. The highest BCUT2D eigenvalue weighted by Gasteiger charge is 2.22. The van der Waals surface area contributed by atoms with Crippen molar-refractivity contribution in [3.63, 3.8) is 0 Å². The number of benzene rings is 2. The zero-order chi connectivity index (χ0) is 18.8. The van der Waals surface area contributed by atoms with Crippen LogP contribution in [0.1, 0.15) is 36.7 Å². The topological polar surface area (TPSA) is 75.3 Å². The number of anilines is 1. The molecule has 7 heteroatoms. The number of carbonyl (C=O) groups is 1. The summed E-state index contributed by atoms with van der Waals surface area (Å²) < 4.78 is 40.5. The summed E-state index contributed by atoms with van der Waals surface area (Å²) in [4.78, 5) is 12.3. The Balaban J connectivity index is 2.16. The van der Waals surface area contributed by atoms with Crippen LogP contribution in [0.5, 0.6) is 0 Å². The lowest BCUT2D eigenvalue weighted by Crippen LogP contribution is -2.40. The molecule has 5 nitrogen and oxygen atoms in total. The van der Waals surface area contributed by atoms with Gasteiger partial charge in [0.15, 0.2) is 0 Å². The van der Waals surface area contributed by atoms with Gasteiger partial charge >= 0.3 is 0 Å². The fourth-order valence-electron chi connectivity index (χ4n) is 2.12. The summed E-state index contributed by atoms with van der Waals surface area (Å²) in [5.41, 5.74) is 0.485. The van der Waals surface area contributed by atoms with Crippen molar-refractivity contribution < 1.29 is 17.6 Å². The van der Waals surface area contributed by atoms with Gasteiger partial charge in [0.05, 0.1) is 4.90 Å². The number of sulfonamides is 1. The van der Waals surface area contributed by atoms with Gasteiger partial charge in [0.25, 0.3) is 5.91 Å². The molecule has 0 saturated carbocycles. The molecule has 2 aromatic carbocycles. The van der Waals surface area contributed by atoms with E-state index in [0.717, 1.165) is 0 Å². The van der Waals surface area contributed by atoms with Crippen molar-refractivity contribution in [2.24, 2.45) is 0 Å². The molecule has 0 radical (unpaired) electrons. The molecular formula is C18H21FN2O3S. The van der Waals surface area contributed by atoms with E-state index in [-0.39, 0.29) is 10.5 Å². The van der Waals surface area contributed by atoms with E-state index in [0.29, 0.717) is 11.3 Å². The lowest BCUT2D eigenvalue weighted by Gasteiger charge is -2.20. The van der Waals surface area contributed by atoms with Gasteiger partial charge in [-0.15, -0.1) is 0 Å². The first-order chi connectivity index (χ1) is 11.5. The number of hydrogen-bond acceptors (Lipinski definition) is 3. The highest BCUT2D eigenvalue weighted by molar-refractivity contribution is 7.89. The van der Waals surface area contributed by atoms with Gasteiger partial charge in [0, 0.05) is 16.8 Å². The van der Waals surface area contributed by atoms with Crippen molar-refractivity contribution >= 4 is 21.6 Å². The number of nitrogens with one attached hydrogen (secondary N) is 2. The first-order valence-electron chi connectivity index (χ1n) is 7.69. The number of amides is 1. The summed E-state index contributed by atoms with van der Waals surface area (Å²) in [7, 11) is -3.66. The highest BCUT2D eigenvalue weighted by Crippen LogP contribution is 2.17. The van der Waals surface area contributed by atoms with Crippen molar-refractivity contribution in [3.05, 3.63) is 59.4 Å². The fraction of sp³-hybridized carbons (Fsp3) is 0.278. The second-order valence-electron chi connectivity index (χ2n) is 6.80. The lowest BCUT2D eigenvalue weighted by atomic mass is 10.1. The number of carbonyl (C=O) groups excluding carboxylic acids is 1. The minimum absolute atomic E-state index is 0.0698. The molecule has 0 bridgehead atoms. The van der Waals surface area contributed by atoms with Crippen LogP contribution in [0.2, 0.25) is 0 Å². The van der Waals surface area contributed by atoms with Gasteiger partial charge in [-0.3, -0.25) is 4.79 Å². The van der Waals surface area contributed by atoms with E-state index in [2.05, 4.69) is 10.0 Å². The predicted octanol–water partition coefficient (Wildman–Crippen LogP) is 3.46. The minimum atomic E-state index is -3.66. The third-order valence-electron chi connectivity index (χ3n) is 3.30. The Morgan fingerprint density at radius 2 is 1.64 bits per heavy atom. The van der Waals surface area contributed by atoms with Crippen LogP contribution in [0.25, 0.3) is 0 Å². The molecule has 134 valence electrons. The summed E-state index contributed by atoms with van der Waals surface area (Å²) in [6, 6.07) is 9.95. The zero-order valence-electron chi connectivity index (χ0n) is 14.6. The molecule has 0 aliphatic heterocycles. The van der Waals surface area contributed by atoms with E-state index < -0.39 is 27.3 Å². The molecule has 0 fully saturated rings. The standard InChI is InChI=1S/C18H21FN2O3S/c1-12-5-8-14(11-16(12)19)20-17(22)13-6-9-15(10-7-13)25(23,24)21-18(2,3)4/h5-11,21H,1-4H3,(H,20,22). The number of aryl methyl sites for hydroxylation is 1. The first kappa shape index (κ1) is 19.1. The van der Waals surface area contributed by atoms with E-state index in [1.54, 1.807) is 39.8 Å². The Labute approximate surface area is 147 Å². The fourth-order valence-corrected chi connectivity index (χ4v) is 3.54. The van der Waals surface area contributed by atoms with E-state index >= 15 is 0 Å². The molecule has 25 heavy (non-hydrogen) atoms. The monoisotopic (exact) mass is 364 g/mol. The van der Waals surface area contributed by atoms with Gasteiger partial charge in [-0.05, 0) is 69.7 Å². The van der Waals surface area contributed by atoms with Crippen LogP contribution in [0.4, 0.5) is 10.1 Å². The van der Waals surface area contributed by atoms with Crippen LogP contribution in [0.3, 0.4) is 0 Å². The molecule has 1 amide bonds. The van der Waals surface area contributed by atoms with Crippen molar-refractivity contribution in [1.29, 1.82) is 0 Å². The van der Waals surface area contributed by atoms with Crippen molar-refractivity contribution in [3.8, 4) is 0 Å². The van der Waals surface area contributed by atoms with E-state index in [9.17, 15) is 17.6 Å². The number of rotatable bonds is 4. The van der Waals surface area contributed by atoms with Gasteiger partial charge in [0.1, 0.15) is 5.82 Å². The van der Waals surface area contributed by atoms with Crippen LogP contribution < -0.4 is 10.0 Å². The summed E-state index contributed by atoms with van der Waals surface area (Å²) in [6.07, 6.45) is 0. The molecule has 0 saturated heterocycles.